The van der Waals surface area contributed by atoms with E-state index in [1.165, 1.54) is 0 Å². The lowest BCUT2D eigenvalue weighted by molar-refractivity contribution is 1.20. The number of pyridine rings is 1. The van der Waals surface area contributed by atoms with Gasteiger partial charge < -0.3 is 5.73 Å². The van der Waals surface area contributed by atoms with Crippen LogP contribution in [0.3, 0.4) is 0 Å². The van der Waals surface area contributed by atoms with E-state index in [1.807, 2.05) is 43.3 Å². The van der Waals surface area contributed by atoms with E-state index < -0.39 is 0 Å². The molecule has 0 fully saturated rings. The molecular weight excluding hydrogens is 184 g/mol. The smallest absolute Gasteiger partial charge is 0.0707 e. The van der Waals surface area contributed by atoms with Gasteiger partial charge in [-0.3, -0.25) is 4.98 Å². The van der Waals surface area contributed by atoms with Crippen LogP contribution in [0.4, 0.5) is 5.69 Å². The van der Waals surface area contributed by atoms with E-state index in [4.69, 9.17) is 5.73 Å². The fourth-order valence-corrected chi connectivity index (χ4v) is 1.67. The molecule has 0 saturated carbocycles. The molecule has 0 aliphatic heterocycles. The van der Waals surface area contributed by atoms with Crippen molar-refractivity contribution in [1.29, 1.82) is 0 Å². The van der Waals surface area contributed by atoms with Gasteiger partial charge >= 0.3 is 0 Å². The van der Waals surface area contributed by atoms with Crippen molar-refractivity contribution < 1.29 is 0 Å². The normalized spacial score (nSPS) is 10.3. The van der Waals surface area contributed by atoms with Crippen LogP contribution >= 0.6 is 0 Å². The number of hydrogen-bond acceptors (Lipinski definition) is 2. The molecule has 0 unspecified atom stereocenters. The predicted octanol–water partition coefficient (Wildman–Crippen LogP) is 2.95. The molecule has 0 saturated heterocycles. The molecular formula is C13H14N2. The van der Waals surface area contributed by atoms with Gasteiger partial charge in [-0.2, -0.15) is 0 Å². The minimum absolute atomic E-state index is 0.795. The summed E-state index contributed by atoms with van der Waals surface area (Å²) in [6.45, 7) is 4.05. The van der Waals surface area contributed by atoms with Crippen LogP contribution in [0.2, 0.25) is 0 Å². The number of hydrogen-bond donors (Lipinski definition) is 1. The molecule has 0 amide bonds. The molecule has 2 nitrogen and oxygen atoms in total. The Kier molecular flexibility index (Phi) is 2.42. The topological polar surface area (TPSA) is 38.9 Å². The van der Waals surface area contributed by atoms with Crippen LogP contribution in [0.15, 0.2) is 36.4 Å². The molecule has 0 aliphatic rings. The lowest BCUT2D eigenvalue weighted by Crippen LogP contribution is -1.91. The van der Waals surface area contributed by atoms with Crippen LogP contribution < -0.4 is 5.73 Å². The first-order valence-electron chi connectivity index (χ1n) is 4.97. The average Bonchev–Trinajstić information content (AvgIpc) is 2.17. The summed E-state index contributed by atoms with van der Waals surface area (Å²) in [4.78, 5) is 4.49. The molecule has 1 aromatic heterocycles. The van der Waals surface area contributed by atoms with Crippen LogP contribution in [0.5, 0.6) is 0 Å². The van der Waals surface area contributed by atoms with Crippen molar-refractivity contribution in [2.45, 2.75) is 13.8 Å². The minimum Gasteiger partial charge on any atom is -0.399 e. The summed E-state index contributed by atoms with van der Waals surface area (Å²) in [5.74, 6) is 0. The van der Waals surface area contributed by atoms with Crippen LogP contribution in [-0.4, -0.2) is 4.98 Å². The summed E-state index contributed by atoms with van der Waals surface area (Å²) in [6, 6.07) is 11.9. The fourth-order valence-electron chi connectivity index (χ4n) is 1.67. The van der Waals surface area contributed by atoms with Gasteiger partial charge in [0.15, 0.2) is 0 Å². The highest BCUT2D eigenvalue weighted by molar-refractivity contribution is 5.66. The number of anilines is 1. The zero-order valence-electron chi connectivity index (χ0n) is 8.99. The third kappa shape index (κ3) is 1.99. The van der Waals surface area contributed by atoms with E-state index >= 15 is 0 Å². The maximum absolute atomic E-state index is 5.72. The lowest BCUT2D eigenvalue weighted by Gasteiger charge is -2.06. The van der Waals surface area contributed by atoms with Crippen molar-refractivity contribution in [3.8, 4) is 11.3 Å². The second-order valence-electron chi connectivity index (χ2n) is 3.74. The highest BCUT2D eigenvalue weighted by Crippen LogP contribution is 2.23. The van der Waals surface area contributed by atoms with Crippen LogP contribution in [0, 0.1) is 13.8 Å². The van der Waals surface area contributed by atoms with E-state index in [0.29, 0.717) is 0 Å². The Bertz CT molecular complexity index is 490. The Labute approximate surface area is 89.8 Å². The van der Waals surface area contributed by atoms with E-state index in [0.717, 1.165) is 28.2 Å². The molecule has 2 N–H and O–H groups in total. The summed E-state index contributed by atoms with van der Waals surface area (Å²) in [7, 11) is 0. The summed E-state index contributed by atoms with van der Waals surface area (Å²) >= 11 is 0. The number of aryl methyl sites for hydroxylation is 2. The van der Waals surface area contributed by atoms with Gasteiger partial charge in [-0.1, -0.05) is 12.1 Å². The first-order chi connectivity index (χ1) is 7.16. The molecule has 1 aromatic carbocycles. The molecule has 2 aromatic rings. The Balaban J connectivity index is 2.54. The zero-order chi connectivity index (χ0) is 10.8. The molecule has 0 atom stereocenters. The van der Waals surface area contributed by atoms with E-state index in [2.05, 4.69) is 11.9 Å². The summed E-state index contributed by atoms with van der Waals surface area (Å²) < 4.78 is 0. The average molecular weight is 198 g/mol. The van der Waals surface area contributed by atoms with Gasteiger partial charge in [0.25, 0.3) is 0 Å². The number of nitrogens with zero attached hydrogens (tertiary/aromatic N) is 1. The second kappa shape index (κ2) is 3.73. The van der Waals surface area contributed by atoms with Gasteiger partial charge in [0, 0.05) is 16.9 Å². The molecule has 76 valence electrons. The van der Waals surface area contributed by atoms with Crippen molar-refractivity contribution in [3.05, 3.63) is 47.7 Å². The number of nitrogens with two attached hydrogens (primary N) is 1. The minimum atomic E-state index is 0.795. The Morgan fingerprint density at radius 2 is 1.87 bits per heavy atom. The Morgan fingerprint density at radius 1 is 1.07 bits per heavy atom. The monoisotopic (exact) mass is 198 g/mol. The fraction of sp³-hybridized carbons (Fsp3) is 0.154. The lowest BCUT2D eigenvalue weighted by atomic mass is 10.0. The van der Waals surface area contributed by atoms with Gasteiger partial charge in [-0.05, 0) is 43.7 Å². The van der Waals surface area contributed by atoms with Crippen LogP contribution in [-0.2, 0) is 0 Å². The van der Waals surface area contributed by atoms with Crippen molar-refractivity contribution >= 4 is 5.69 Å². The van der Waals surface area contributed by atoms with Gasteiger partial charge in [-0.15, -0.1) is 0 Å². The number of nitrogen functional groups attached to an aromatic ring is 1. The first-order valence-corrected chi connectivity index (χ1v) is 4.97. The summed E-state index contributed by atoms with van der Waals surface area (Å²) in [5, 5.41) is 0. The van der Waals surface area contributed by atoms with Crippen molar-refractivity contribution in [2.75, 3.05) is 5.73 Å². The summed E-state index contributed by atoms with van der Waals surface area (Å²) in [6.07, 6.45) is 0. The standard InChI is InChI=1S/C13H14N2/c1-9-8-11(14)6-7-12(9)13-5-3-4-10(2)15-13/h3-8H,14H2,1-2H3. The van der Waals surface area contributed by atoms with Gasteiger partial charge in [0.2, 0.25) is 0 Å². The van der Waals surface area contributed by atoms with E-state index in [1.54, 1.807) is 0 Å². The Morgan fingerprint density at radius 3 is 2.53 bits per heavy atom. The quantitative estimate of drug-likeness (QED) is 0.715. The SMILES string of the molecule is Cc1cccc(-c2ccc(N)cc2C)n1. The number of rotatable bonds is 1. The molecule has 15 heavy (non-hydrogen) atoms. The zero-order valence-corrected chi connectivity index (χ0v) is 8.99. The molecule has 0 bridgehead atoms. The molecule has 0 spiro atoms. The van der Waals surface area contributed by atoms with Crippen molar-refractivity contribution in [2.24, 2.45) is 0 Å². The van der Waals surface area contributed by atoms with Gasteiger partial charge in [-0.25, -0.2) is 0 Å². The summed E-state index contributed by atoms with van der Waals surface area (Å²) in [5.41, 5.74) is 10.9. The predicted molar refractivity (Wildman–Crippen MR) is 63.6 cm³/mol. The third-order valence-corrected chi connectivity index (χ3v) is 2.41. The van der Waals surface area contributed by atoms with Crippen molar-refractivity contribution in [1.82, 2.24) is 4.98 Å². The number of benzene rings is 1. The van der Waals surface area contributed by atoms with Gasteiger partial charge in [0.05, 0.1) is 5.69 Å². The maximum atomic E-state index is 5.72. The molecule has 2 rings (SSSR count). The highest BCUT2D eigenvalue weighted by Gasteiger charge is 2.03. The third-order valence-electron chi connectivity index (χ3n) is 2.41. The second-order valence-corrected chi connectivity index (χ2v) is 3.74. The first kappa shape index (κ1) is 9.71. The van der Waals surface area contributed by atoms with E-state index in [-0.39, 0.29) is 0 Å². The van der Waals surface area contributed by atoms with Crippen LogP contribution in [0.1, 0.15) is 11.3 Å². The largest absolute Gasteiger partial charge is 0.399 e. The molecule has 1 heterocycles. The van der Waals surface area contributed by atoms with E-state index in [9.17, 15) is 0 Å². The van der Waals surface area contributed by atoms with Gasteiger partial charge in [0.1, 0.15) is 0 Å². The van der Waals surface area contributed by atoms with Crippen molar-refractivity contribution in [3.63, 3.8) is 0 Å². The maximum Gasteiger partial charge on any atom is 0.0707 e. The molecule has 0 aliphatic carbocycles. The Hall–Kier alpha value is -1.83. The number of aromatic nitrogens is 1. The van der Waals surface area contributed by atoms with Crippen LogP contribution in [0.25, 0.3) is 11.3 Å². The molecule has 2 heteroatoms. The molecule has 0 radical (unpaired) electrons. The highest BCUT2D eigenvalue weighted by atomic mass is 14.7.